The highest BCUT2D eigenvalue weighted by Gasteiger charge is 2.44. The maximum absolute atomic E-state index is 12.7. The van der Waals surface area contributed by atoms with Gasteiger partial charge in [0.25, 0.3) is 0 Å². The molecule has 2 fully saturated rings. The van der Waals surface area contributed by atoms with Crippen LogP contribution in [0.1, 0.15) is 13.3 Å². The Kier molecular flexibility index (Phi) is 4.49. The monoisotopic (exact) mass is 350 g/mol. The molecule has 0 aliphatic carbocycles. The molecule has 7 heteroatoms. The van der Waals surface area contributed by atoms with Crippen molar-refractivity contribution in [2.24, 2.45) is 17.8 Å². The van der Waals surface area contributed by atoms with E-state index in [1.54, 1.807) is 29.2 Å². The van der Waals surface area contributed by atoms with Crippen molar-refractivity contribution in [1.82, 2.24) is 4.90 Å². The summed E-state index contributed by atoms with van der Waals surface area (Å²) in [7, 11) is 0. The number of aliphatic carboxylic acids is 1. The zero-order valence-electron chi connectivity index (χ0n) is 13.3. The average molecular weight is 351 g/mol. The van der Waals surface area contributed by atoms with Gasteiger partial charge < -0.3 is 14.9 Å². The molecule has 1 aromatic carbocycles. The highest BCUT2D eigenvalue weighted by Crippen LogP contribution is 2.31. The van der Waals surface area contributed by atoms with Gasteiger partial charge in [-0.1, -0.05) is 24.6 Å². The van der Waals surface area contributed by atoms with E-state index in [2.05, 4.69) is 0 Å². The number of carbonyl (C=O) groups is 3. The molecule has 24 heavy (non-hydrogen) atoms. The maximum Gasteiger partial charge on any atom is 0.308 e. The Labute approximate surface area is 145 Å². The number of likely N-dealkylation sites (tertiary alicyclic amines) is 1. The van der Waals surface area contributed by atoms with E-state index >= 15 is 0 Å². The first-order chi connectivity index (χ1) is 11.4. The van der Waals surface area contributed by atoms with Gasteiger partial charge in [0.2, 0.25) is 11.8 Å². The van der Waals surface area contributed by atoms with Crippen molar-refractivity contribution in [2.45, 2.75) is 13.3 Å². The van der Waals surface area contributed by atoms with Crippen molar-refractivity contribution in [2.75, 3.05) is 24.5 Å². The Morgan fingerprint density at radius 2 is 2.04 bits per heavy atom. The summed E-state index contributed by atoms with van der Waals surface area (Å²) >= 11 is 5.97. The van der Waals surface area contributed by atoms with Gasteiger partial charge in [0, 0.05) is 30.3 Å². The van der Waals surface area contributed by atoms with E-state index in [9.17, 15) is 19.5 Å². The lowest BCUT2D eigenvalue weighted by Crippen LogP contribution is -2.39. The summed E-state index contributed by atoms with van der Waals surface area (Å²) in [6.07, 6.45) is 0.437. The normalized spacial score (nSPS) is 26.9. The lowest BCUT2D eigenvalue weighted by atomic mass is 9.99. The van der Waals surface area contributed by atoms with Crippen LogP contribution in [0.4, 0.5) is 5.69 Å². The Hall–Kier alpha value is -2.08. The number of carbonyl (C=O) groups excluding carboxylic acids is 2. The van der Waals surface area contributed by atoms with Gasteiger partial charge in [-0.15, -0.1) is 0 Å². The fourth-order valence-electron chi connectivity index (χ4n) is 3.50. The van der Waals surface area contributed by atoms with E-state index in [4.69, 9.17) is 11.6 Å². The molecule has 0 spiro atoms. The first kappa shape index (κ1) is 16.8. The molecule has 1 aromatic rings. The van der Waals surface area contributed by atoms with E-state index < -0.39 is 17.8 Å². The molecule has 6 nitrogen and oxygen atoms in total. The fourth-order valence-corrected chi connectivity index (χ4v) is 3.68. The lowest BCUT2D eigenvalue weighted by molar-refractivity contribution is -0.142. The fraction of sp³-hybridized carbons (Fsp3) is 0.471. The second-order valence-corrected chi connectivity index (χ2v) is 6.91. The molecule has 1 unspecified atom stereocenters. The van der Waals surface area contributed by atoms with E-state index in [1.165, 1.54) is 4.90 Å². The Bertz CT molecular complexity index is 693. The molecule has 128 valence electrons. The summed E-state index contributed by atoms with van der Waals surface area (Å²) in [5, 5.41) is 9.73. The SMILES string of the molecule is C[C@@H]1CN(C(=O)C2CCN(c3cccc(Cl)c3)C2=O)C[C@H]1C(=O)O. The highest BCUT2D eigenvalue weighted by molar-refractivity contribution is 6.31. The number of hydrogen-bond donors (Lipinski definition) is 1. The van der Waals surface area contributed by atoms with Crippen LogP contribution in [0.5, 0.6) is 0 Å². The third kappa shape index (κ3) is 2.98. The second kappa shape index (κ2) is 6.43. The molecule has 2 heterocycles. The number of carboxylic acid groups (broad SMARTS) is 1. The summed E-state index contributed by atoms with van der Waals surface area (Å²) in [4.78, 5) is 39.6. The number of hydrogen-bond acceptors (Lipinski definition) is 3. The van der Waals surface area contributed by atoms with Crippen LogP contribution in [0.25, 0.3) is 0 Å². The van der Waals surface area contributed by atoms with Gasteiger partial charge >= 0.3 is 5.97 Å². The van der Waals surface area contributed by atoms with Crippen LogP contribution in [-0.2, 0) is 14.4 Å². The zero-order valence-corrected chi connectivity index (χ0v) is 14.1. The summed E-state index contributed by atoms with van der Waals surface area (Å²) in [6.45, 7) is 2.84. The van der Waals surface area contributed by atoms with Crippen LogP contribution in [0.3, 0.4) is 0 Å². The highest BCUT2D eigenvalue weighted by atomic mass is 35.5. The molecule has 3 atom stereocenters. The largest absolute Gasteiger partial charge is 0.481 e. The van der Waals surface area contributed by atoms with E-state index in [0.29, 0.717) is 30.2 Å². The van der Waals surface area contributed by atoms with Crippen LogP contribution in [0, 0.1) is 17.8 Å². The molecule has 2 amide bonds. The third-order valence-electron chi connectivity index (χ3n) is 4.86. The maximum atomic E-state index is 12.7. The molecule has 0 radical (unpaired) electrons. The Balaban J connectivity index is 1.71. The molecule has 2 saturated heterocycles. The summed E-state index contributed by atoms with van der Waals surface area (Å²) < 4.78 is 0. The molecule has 2 aliphatic heterocycles. The van der Waals surface area contributed by atoms with Gasteiger partial charge in [0.1, 0.15) is 5.92 Å². The quantitative estimate of drug-likeness (QED) is 0.844. The Morgan fingerprint density at radius 1 is 1.29 bits per heavy atom. The molecule has 3 rings (SSSR count). The summed E-state index contributed by atoms with van der Waals surface area (Å²) in [5.74, 6) is -2.80. The number of rotatable bonds is 3. The molecular weight excluding hydrogens is 332 g/mol. The van der Waals surface area contributed by atoms with Crippen molar-refractivity contribution in [3.63, 3.8) is 0 Å². The number of benzene rings is 1. The molecule has 0 aromatic heterocycles. The van der Waals surface area contributed by atoms with Crippen LogP contribution in [-0.4, -0.2) is 47.4 Å². The van der Waals surface area contributed by atoms with Gasteiger partial charge in [0.05, 0.1) is 5.92 Å². The average Bonchev–Trinajstić information content (AvgIpc) is 3.10. The number of anilines is 1. The van der Waals surface area contributed by atoms with Gasteiger partial charge in [0.15, 0.2) is 0 Å². The Morgan fingerprint density at radius 3 is 2.67 bits per heavy atom. The minimum atomic E-state index is -0.892. The number of halogens is 1. The smallest absolute Gasteiger partial charge is 0.308 e. The topological polar surface area (TPSA) is 77.9 Å². The van der Waals surface area contributed by atoms with Crippen molar-refractivity contribution < 1.29 is 19.5 Å². The first-order valence-electron chi connectivity index (χ1n) is 7.97. The van der Waals surface area contributed by atoms with Crippen molar-refractivity contribution in [1.29, 1.82) is 0 Å². The minimum Gasteiger partial charge on any atom is -0.481 e. The lowest BCUT2D eigenvalue weighted by Gasteiger charge is -2.21. The molecule has 1 N–H and O–H groups in total. The first-order valence-corrected chi connectivity index (χ1v) is 8.35. The second-order valence-electron chi connectivity index (χ2n) is 6.48. The predicted octanol–water partition coefficient (Wildman–Crippen LogP) is 1.87. The van der Waals surface area contributed by atoms with Crippen molar-refractivity contribution in [3.05, 3.63) is 29.3 Å². The summed E-state index contributed by atoms with van der Waals surface area (Å²) in [5.41, 5.74) is 0.681. The standard InChI is InChI=1S/C17H19ClN2O4/c1-10-8-19(9-14(10)17(23)24)15(21)13-5-6-20(16(13)22)12-4-2-3-11(18)7-12/h2-4,7,10,13-14H,5-6,8-9H2,1H3,(H,23,24)/t10-,13?,14-/m1/s1. The number of amides is 2. The van der Waals surface area contributed by atoms with Crippen LogP contribution in [0.15, 0.2) is 24.3 Å². The van der Waals surface area contributed by atoms with E-state index in [-0.39, 0.29) is 24.3 Å². The minimum absolute atomic E-state index is 0.105. The number of nitrogens with zero attached hydrogens (tertiary/aromatic N) is 2. The number of carboxylic acids is 1. The van der Waals surface area contributed by atoms with Gasteiger partial charge in [-0.25, -0.2) is 0 Å². The molecule has 0 saturated carbocycles. The van der Waals surface area contributed by atoms with E-state index in [0.717, 1.165) is 0 Å². The predicted molar refractivity (Wildman–Crippen MR) is 88.8 cm³/mol. The van der Waals surface area contributed by atoms with Gasteiger partial charge in [-0.3, -0.25) is 14.4 Å². The van der Waals surface area contributed by atoms with Gasteiger partial charge in [-0.2, -0.15) is 0 Å². The molecule has 2 aliphatic rings. The van der Waals surface area contributed by atoms with Crippen molar-refractivity contribution >= 4 is 35.1 Å². The van der Waals surface area contributed by atoms with E-state index in [1.807, 2.05) is 6.92 Å². The third-order valence-corrected chi connectivity index (χ3v) is 5.10. The van der Waals surface area contributed by atoms with Crippen molar-refractivity contribution in [3.8, 4) is 0 Å². The summed E-state index contributed by atoms with van der Waals surface area (Å²) in [6, 6.07) is 6.98. The molecular formula is C17H19ClN2O4. The van der Waals surface area contributed by atoms with Crippen LogP contribution in [0.2, 0.25) is 5.02 Å². The van der Waals surface area contributed by atoms with Crippen LogP contribution < -0.4 is 4.90 Å². The molecule has 0 bridgehead atoms. The zero-order chi connectivity index (χ0) is 17.4. The van der Waals surface area contributed by atoms with Crippen LogP contribution >= 0.6 is 11.6 Å². The van der Waals surface area contributed by atoms with Gasteiger partial charge in [-0.05, 0) is 30.5 Å².